The summed E-state index contributed by atoms with van der Waals surface area (Å²) in [7, 11) is 1.58. The number of rotatable bonds is 4. The van der Waals surface area contributed by atoms with Gasteiger partial charge in [0.25, 0.3) is 5.91 Å². The van der Waals surface area contributed by atoms with Crippen molar-refractivity contribution in [3.05, 3.63) is 21.9 Å². The van der Waals surface area contributed by atoms with Crippen LogP contribution in [-0.2, 0) is 4.79 Å². The number of hydrogen-bond donors (Lipinski definition) is 3. The molecule has 0 spiro atoms. The molecular formula is C14H19N3O2S. The molecule has 0 fully saturated rings. The molecule has 0 unspecified atom stereocenters. The first-order chi connectivity index (χ1) is 9.40. The van der Waals surface area contributed by atoms with Gasteiger partial charge in [0.1, 0.15) is 0 Å². The summed E-state index contributed by atoms with van der Waals surface area (Å²) in [6.45, 7) is 4.11. The van der Waals surface area contributed by atoms with Crippen molar-refractivity contribution in [2.45, 2.75) is 13.8 Å². The van der Waals surface area contributed by atoms with Crippen LogP contribution in [0.4, 0.5) is 0 Å². The molecule has 1 rings (SSSR count). The Kier molecular flexibility index (Phi) is 5.74. The van der Waals surface area contributed by atoms with E-state index in [2.05, 4.69) is 22.5 Å². The summed E-state index contributed by atoms with van der Waals surface area (Å²) >= 11 is 1.39. The average Bonchev–Trinajstić information content (AvgIpc) is 2.90. The van der Waals surface area contributed by atoms with E-state index in [1.165, 1.54) is 11.3 Å². The molecule has 0 aliphatic carbocycles. The number of hydrogen-bond acceptors (Lipinski definition) is 4. The third-order valence-corrected chi connectivity index (χ3v) is 3.55. The highest BCUT2D eigenvalue weighted by Crippen LogP contribution is 2.16. The van der Waals surface area contributed by atoms with Crippen molar-refractivity contribution in [3.8, 4) is 11.8 Å². The molecule has 0 aliphatic rings. The van der Waals surface area contributed by atoms with Crippen molar-refractivity contribution in [3.63, 3.8) is 0 Å². The van der Waals surface area contributed by atoms with Crippen molar-refractivity contribution in [1.29, 1.82) is 0 Å². The third-order valence-electron chi connectivity index (χ3n) is 2.71. The Hall–Kier alpha value is -1.84. The van der Waals surface area contributed by atoms with Gasteiger partial charge >= 0.3 is 0 Å². The van der Waals surface area contributed by atoms with E-state index in [9.17, 15) is 9.59 Å². The van der Waals surface area contributed by atoms with Gasteiger partial charge in [-0.05, 0) is 19.9 Å². The Morgan fingerprint density at radius 1 is 1.45 bits per heavy atom. The third kappa shape index (κ3) is 4.37. The Morgan fingerprint density at radius 2 is 2.15 bits per heavy atom. The zero-order chi connectivity index (χ0) is 15.2. The predicted molar refractivity (Wildman–Crippen MR) is 80.4 cm³/mol. The molecule has 0 aliphatic heterocycles. The summed E-state index contributed by atoms with van der Waals surface area (Å²) in [4.78, 5) is 24.4. The molecular weight excluding hydrogens is 274 g/mol. The van der Waals surface area contributed by atoms with Gasteiger partial charge in [-0.3, -0.25) is 9.59 Å². The quantitative estimate of drug-likeness (QED) is 0.709. The number of carbonyl (C=O) groups is 2. The van der Waals surface area contributed by atoms with Gasteiger partial charge in [0.05, 0.1) is 22.4 Å². The minimum atomic E-state index is -0.650. The normalized spacial score (nSPS) is 10.4. The fraction of sp³-hybridized carbons (Fsp3) is 0.429. The fourth-order valence-corrected chi connectivity index (χ4v) is 2.24. The average molecular weight is 293 g/mol. The molecule has 0 radical (unpaired) electrons. The fourth-order valence-electron chi connectivity index (χ4n) is 1.48. The van der Waals surface area contributed by atoms with Crippen LogP contribution in [0, 0.1) is 17.3 Å². The zero-order valence-electron chi connectivity index (χ0n) is 11.9. The first-order valence-corrected chi connectivity index (χ1v) is 7.06. The maximum Gasteiger partial charge on any atom is 0.252 e. The van der Waals surface area contributed by atoms with E-state index in [-0.39, 0.29) is 18.4 Å². The van der Waals surface area contributed by atoms with E-state index in [0.29, 0.717) is 12.1 Å². The second kappa shape index (κ2) is 7.08. The van der Waals surface area contributed by atoms with Crippen LogP contribution in [0.3, 0.4) is 0 Å². The molecule has 0 atom stereocenters. The highest BCUT2D eigenvalue weighted by molar-refractivity contribution is 7.10. The second-order valence-corrected chi connectivity index (χ2v) is 5.76. The number of thiophene rings is 1. The zero-order valence-corrected chi connectivity index (χ0v) is 12.7. The molecule has 1 aromatic heterocycles. The standard InChI is InChI=1S/C14H19N3O2S/c1-14(2,13(19)16-3)9-17-12(18)10-7-11(20-8-10)5-4-6-15/h7-8H,6,9,15H2,1-3H3,(H,16,19)(H,17,18). The van der Waals surface area contributed by atoms with Gasteiger partial charge in [-0.2, -0.15) is 0 Å². The Bertz CT molecular complexity index is 552. The molecule has 1 aromatic rings. The molecule has 1 heterocycles. The van der Waals surface area contributed by atoms with Crippen LogP contribution in [-0.4, -0.2) is 32.0 Å². The van der Waals surface area contributed by atoms with Gasteiger partial charge in [-0.15, -0.1) is 11.3 Å². The predicted octanol–water partition coefficient (Wildman–Crippen LogP) is 0.560. The first kappa shape index (κ1) is 16.2. The Balaban J connectivity index is 2.63. The molecule has 0 saturated carbocycles. The summed E-state index contributed by atoms with van der Waals surface area (Å²) in [5.41, 5.74) is 5.19. The monoisotopic (exact) mass is 293 g/mol. The largest absolute Gasteiger partial charge is 0.359 e. The molecule has 2 amide bonds. The number of carbonyl (C=O) groups excluding carboxylic acids is 2. The minimum Gasteiger partial charge on any atom is -0.359 e. The highest BCUT2D eigenvalue weighted by atomic mass is 32.1. The van der Waals surface area contributed by atoms with E-state index in [1.807, 2.05) is 0 Å². The van der Waals surface area contributed by atoms with Crippen LogP contribution in [0.1, 0.15) is 29.1 Å². The summed E-state index contributed by atoms with van der Waals surface area (Å²) in [6.07, 6.45) is 0. The van der Waals surface area contributed by atoms with Crippen molar-refractivity contribution < 1.29 is 9.59 Å². The van der Waals surface area contributed by atoms with E-state index >= 15 is 0 Å². The van der Waals surface area contributed by atoms with Crippen molar-refractivity contribution in [1.82, 2.24) is 10.6 Å². The lowest BCUT2D eigenvalue weighted by Crippen LogP contribution is -2.43. The van der Waals surface area contributed by atoms with E-state index in [4.69, 9.17) is 5.73 Å². The molecule has 20 heavy (non-hydrogen) atoms. The van der Waals surface area contributed by atoms with Gasteiger partial charge in [0.2, 0.25) is 5.91 Å². The highest BCUT2D eigenvalue weighted by Gasteiger charge is 2.27. The van der Waals surface area contributed by atoms with Crippen LogP contribution >= 0.6 is 11.3 Å². The topological polar surface area (TPSA) is 84.2 Å². The van der Waals surface area contributed by atoms with Gasteiger partial charge in [-0.1, -0.05) is 11.8 Å². The van der Waals surface area contributed by atoms with Gasteiger partial charge in [-0.25, -0.2) is 0 Å². The molecule has 0 aromatic carbocycles. The van der Waals surface area contributed by atoms with Gasteiger partial charge in [0.15, 0.2) is 0 Å². The van der Waals surface area contributed by atoms with Gasteiger partial charge < -0.3 is 16.4 Å². The number of nitrogens with two attached hydrogens (primary N) is 1. The molecule has 0 saturated heterocycles. The minimum absolute atomic E-state index is 0.113. The summed E-state index contributed by atoms with van der Waals surface area (Å²) in [5.74, 6) is 5.30. The van der Waals surface area contributed by atoms with Crippen molar-refractivity contribution in [2.24, 2.45) is 11.1 Å². The lowest BCUT2D eigenvalue weighted by molar-refractivity contribution is -0.128. The summed E-state index contributed by atoms with van der Waals surface area (Å²) in [6, 6.07) is 1.72. The first-order valence-electron chi connectivity index (χ1n) is 6.18. The smallest absolute Gasteiger partial charge is 0.252 e. The van der Waals surface area contributed by atoms with Crippen LogP contribution in [0.15, 0.2) is 11.4 Å². The van der Waals surface area contributed by atoms with E-state index in [0.717, 1.165) is 4.88 Å². The van der Waals surface area contributed by atoms with Crippen LogP contribution in [0.25, 0.3) is 0 Å². The number of amides is 2. The maximum absolute atomic E-state index is 12.0. The molecule has 0 bridgehead atoms. The van der Waals surface area contributed by atoms with Gasteiger partial charge in [0, 0.05) is 19.0 Å². The van der Waals surface area contributed by atoms with Crippen LogP contribution in [0.5, 0.6) is 0 Å². The van der Waals surface area contributed by atoms with E-state index < -0.39 is 5.41 Å². The maximum atomic E-state index is 12.0. The van der Waals surface area contributed by atoms with Crippen LogP contribution in [0.2, 0.25) is 0 Å². The van der Waals surface area contributed by atoms with Crippen molar-refractivity contribution in [2.75, 3.05) is 20.1 Å². The number of nitrogens with one attached hydrogen (secondary N) is 2. The second-order valence-electron chi connectivity index (χ2n) is 4.85. The lowest BCUT2D eigenvalue weighted by Gasteiger charge is -2.22. The SMILES string of the molecule is CNC(=O)C(C)(C)CNC(=O)c1csc(C#CCN)c1. The Morgan fingerprint density at radius 3 is 2.75 bits per heavy atom. The lowest BCUT2D eigenvalue weighted by atomic mass is 9.92. The van der Waals surface area contributed by atoms with Crippen molar-refractivity contribution >= 4 is 23.2 Å². The van der Waals surface area contributed by atoms with E-state index in [1.54, 1.807) is 32.3 Å². The summed E-state index contributed by atoms with van der Waals surface area (Å²) in [5, 5.41) is 7.07. The molecule has 6 heteroatoms. The molecule has 4 N–H and O–H groups in total. The van der Waals surface area contributed by atoms with Crippen LogP contribution < -0.4 is 16.4 Å². The molecule has 108 valence electrons. The molecule has 5 nitrogen and oxygen atoms in total. The summed E-state index contributed by atoms with van der Waals surface area (Å²) < 4.78 is 0. The Labute approximate surface area is 122 Å².